The maximum atomic E-state index is 13.6. The van der Waals surface area contributed by atoms with Crippen LogP contribution in [0.4, 0.5) is 4.39 Å². The number of hydrogen-bond donors (Lipinski definition) is 1. The van der Waals surface area contributed by atoms with Crippen LogP contribution in [0.1, 0.15) is 12.0 Å². The number of hydrogen-bond acceptors (Lipinski definition) is 3. The molecule has 1 aliphatic rings. The fraction of sp³-hybridized carbons (Fsp3) is 0.400. The maximum absolute atomic E-state index is 13.6. The lowest BCUT2D eigenvalue weighted by Crippen LogP contribution is -1.98. The van der Waals surface area contributed by atoms with Crippen molar-refractivity contribution < 1.29 is 19.0 Å². The van der Waals surface area contributed by atoms with Crippen LogP contribution >= 0.6 is 11.6 Å². The van der Waals surface area contributed by atoms with Gasteiger partial charge < -0.3 is 14.6 Å². The van der Waals surface area contributed by atoms with Crippen molar-refractivity contribution in [1.29, 1.82) is 0 Å². The molecule has 1 N–H and O–H groups in total. The zero-order chi connectivity index (χ0) is 10.8. The van der Waals surface area contributed by atoms with Gasteiger partial charge in [0.2, 0.25) is 6.79 Å². The van der Waals surface area contributed by atoms with Gasteiger partial charge in [0.25, 0.3) is 0 Å². The molecule has 0 aromatic heterocycles. The van der Waals surface area contributed by atoms with Crippen molar-refractivity contribution in [2.24, 2.45) is 0 Å². The highest BCUT2D eigenvalue weighted by molar-refractivity contribution is 6.31. The van der Waals surface area contributed by atoms with E-state index in [-0.39, 0.29) is 18.4 Å². The lowest BCUT2D eigenvalue weighted by Gasteiger charge is -2.07. The van der Waals surface area contributed by atoms with Crippen LogP contribution < -0.4 is 9.47 Å². The summed E-state index contributed by atoms with van der Waals surface area (Å²) in [6, 6.07) is 1.40. The Balaban J connectivity index is 2.41. The molecule has 1 aromatic carbocycles. The van der Waals surface area contributed by atoms with Gasteiger partial charge in [-0.3, -0.25) is 0 Å². The molecule has 2 rings (SSSR count). The van der Waals surface area contributed by atoms with Gasteiger partial charge in [-0.2, -0.15) is 0 Å². The summed E-state index contributed by atoms with van der Waals surface area (Å²) in [5.74, 6) is 0.383. The highest BCUT2D eigenvalue weighted by atomic mass is 35.5. The molecule has 0 bridgehead atoms. The molecule has 1 heterocycles. The van der Waals surface area contributed by atoms with Gasteiger partial charge >= 0.3 is 0 Å². The number of ether oxygens (including phenoxy) is 2. The summed E-state index contributed by atoms with van der Waals surface area (Å²) in [6.07, 6.45) is 0.849. The summed E-state index contributed by atoms with van der Waals surface area (Å²) in [4.78, 5) is 0. The Labute approximate surface area is 91.4 Å². The van der Waals surface area contributed by atoms with E-state index in [0.717, 1.165) is 0 Å². The zero-order valence-electron chi connectivity index (χ0n) is 7.93. The second-order valence-corrected chi connectivity index (χ2v) is 3.62. The van der Waals surface area contributed by atoms with Crippen molar-refractivity contribution in [3.05, 3.63) is 22.5 Å². The average Bonchev–Trinajstić information content (AvgIpc) is 2.66. The molecule has 0 atom stereocenters. The Morgan fingerprint density at radius 2 is 2.27 bits per heavy atom. The molecule has 0 aliphatic carbocycles. The number of aliphatic hydroxyl groups excluding tert-OH is 1. The van der Waals surface area contributed by atoms with E-state index < -0.39 is 5.82 Å². The normalized spacial score (nSPS) is 13.3. The summed E-state index contributed by atoms with van der Waals surface area (Å²) in [6.45, 7) is 0.0861. The minimum absolute atomic E-state index is 0.00157. The predicted octanol–water partition coefficient (Wildman–Crippen LogP) is 2.13. The summed E-state index contributed by atoms with van der Waals surface area (Å²) in [5, 5.41) is 8.73. The molecule has 0 unspecified atom stereocenters. The van der Waals surface area contributed by atoms with Crippen molar-refractivity contribution in [1.82, 2.24) is 0 Å². The van der Waals surface area contributed by atoms with E-state index in [9.17, 15) is 4.39 Å². The first-order valence-corrected chi connectivity index (χ1v) is 4.99. The second kappa shape index (κ2) is 4.24. The molecule has 0 fully saturated rings. The molecule has 1 aromatic rings. The Bertz CT molecular complexity index is 381. The molecule has 5 heteroatoms. The Hall–Kier alpha value is -1.00. The zero-order valence-corrected chi connectivity index (χ0v) is 8.68. The van der Waals surface area contributed by atoms with Gasteiger partial charge in [-0.05, 0) is 12.8 Å². The molecule has 15 heavy (non-hydrogen) atoms. The quantitative estimate of drug-likeness (QED) is 0.868. The van der Waals surface area contributed by atoms with Crippen molar-refractivity contribution in [3.8, 4) is 11.5 Å². The second-order valence-electron chi connectivity index (χ2n) is 3.21. The summed E-state index contributed by atoms with van der Waals surface area (Å²) >= 11 is 5.70. The fourth-order valence-corrected chi connectivity index (χ4v) is 1.75. The van der Waals surface area contributed by atoms with Crippen LogP contribution in [0.2, 0.25) is 5.02 Å². The molecule has 82 valence electrons. The summed E-state index contributed by atoms with van der Waals surface area (Å²) in [7, 11) is 0. The third-order valence-corrected chi connectivity index (χ3v) is 2.51. The number of rotatable bonds is 3. The molecule has 0 saturated carbocycles. The monoisotopic (exact) mass is 232 g/mol. The van der Waals surface area contributed by atoms with Crippen LogP contribution in [0.25, 0.3) is 0 Å². The van der Waals surface area contributed by atoms with Crippen molar-refractivity contribution in [2.75, 3.05) is 13.4 Å². The maximum Gasteiger partial charge on any atom is 0.231 e. The molecule has 0 saturated heterocycles. The fourth-order valence-electron chi connectivity index (χ4n) is 1.53. The molecular weight excluding hydrogens is 223 g/mol. The highest BCUT2D eigenvalue weighted by Crippen LogP contribution is 2.40. The van der Waals surface area contributed by atoms with Gasteiger partial charge in [-0.15, -0.1) is 0 Å². The van der Waals surface area contributed by atoms with Crippen LogP contribution in [-0.4, -0.2) is 18.5 Å². The smallest absolute Gasteiger partial charge is 0.231 e. The minimum atomic E-state index is -0.491. The number of benzene rings is 1. The van der Waals surface area contributed by atoms with Crippen LogP contribution in [-0.2, 0) is 6.42 Å². The van der Waals surface area contributed by atoms with Crippen molar-refractivity contribution in [2.45, 2.75) is 12.8 Å². The van der Waals surface area contributed by atoms with Crippen LogP contribution in [0, 0.1) is 5.82 Å². The Morgan fingerprint density at radius 3 is 3.00 bits per heavy atom. The van der Waals surface area contributed by atoms with E-state index in [1.54, 1.807) is 0 Å². The van der Waals surface area contributed by atoms with E-state index in [1.165, 1.54) is 6.07 Å². The van der Waals surface area contributed by atoms with E-state index in [4.69, 9.17) is 26.2 Å². The van der Waals surface area contributed by atoms with Crippen LogP contribution in [0.5, 0.6) is 11.5 Å². The predicted molar refractivity (Wildman–Crippen MR) is 52.9 cm³/mol. The van der Waals surface area contributed by atoms with Crippen LogP contribution in [0.3, 0.4) is 0 Å². The van der Waals surface area contributed by atoms with Gasteiger partial charge in [0.05, 0.1) is 5.02 Å². The lowest BCUT2D eigenvalue weighted by molar-refractivity contribution is 0.173. The number of aliphatic hydroxyl groups is 1. The first kappa shape index (κ1) is 10.5. The van der Waals surface area contributed by atoms with E-state index in [2.05, 4.69) is 0 Å². The largest absolute Gasteiger partial charge is 0.454 e. The van der Waals surface area contributed by atoms with Gasteiger partial charge in [0.1, 0.15) is 5.82 Å². The van der Waals surface area contributed by atoms with Crippen molar-refractivity contribution in [3.63, 3.8) is 0 Å². The minimum Gasteiger partial charge on any atom is -0.454 e. The molecule has 0 radical (unpaired) electrons. The van der Waals surface area contributed by atoms with E-state index in [0.29, 0.717) is 29.9 Å². The number of halogens is 2. The molecule has 3 nitrogen and oxygen atoms in total. The summed E-state index contributed by atoms with van der Waals surface area (Å²) < 4.78 is 23.9. The Kier molecular flexibility index (Phi) is 2.98. The first-order valence-electron chi connectivity index (χ1n) is 4.61. The van der Waals surface area contributed by atoms with E-state index >= 15 is 0 Å². The average molecular weight is 233 g/mol. The molecule has 0 amide bonds. The van der Waals surface area contributed by atoms with Gasteiger partial charge in [0, 0.05) is 18.2 Å². The SMILES string of the molecule is OCCCc1c(F)c(Cl)cc2c1OCO2. The van der Waals surface area contributed by atoms with Gasteiger partial charge in [-0.1, -0.05) is 11.6 Å². The van der Waals surface area contributed by atoms with Crippen LogP contribution in [0.15, 0.2) is 6.07 Å². The van der Waals surface area contributed by atoms with Gasteiger partial charge in [-0.25, -0.2) is 4.39 Å². The standard InChI is InChI=1S/C10H10ClFO3/c11-7-4-8-10(15-5-14-8)6(9(7)12)2-1-3-13/h4,13H,1-3,5H2. The van der Waals surface area contributed by atoms with Gasteiger partial charge in [0.15, 0.2) is 11.5 Å². The third kappa shape index (κ3) is 1.87. The first-order chi connectivity index (χ1) is 7.24. The Morgan fingerprint density at radius 1 is 1.47 bits per heavy atom. The number of fused-ring (bicyclic) bond motifs is 1. The highest BCUT2D eigenvalue weighted by Gasteiger charge is 2.23. The van der Waals surface area contributed by atoms with E-state index in [1.807, 2.05) is 0 Å². The third-order valence-electron chi connectivity index (χ3n) is 2.23. The summed E-state index contributed by atoms with van der Waals surface area (Å²) in [5.41, 5.74) is 0.379. The van der Waals surface area contributed by atoms with Crippen molar-refractivity contribution >= 4 is 11.6 Å². The molecular formula is C10H10ClFO3. The molecule has 0 spiro atoms. The molecule has 1 aliphatic heterocycles. The lowest BCUT2D eigenvalue weighted by atomic mass is 10.1. The topological polar surface area (TPSA) is 38.7 Å².